The summed E-state index contributed by atoms with van der Waals surface area (Å²) >= 11 is 0. The van der Waals surface area contributed by atoms with Crippen molar-refractivity contribution in [2.75, 3.05) is 50.6 Å². The standard InChI is InChI=1S/C13H24N6O/c1-5-6-14-11-15-12(17-13(16-11)20-4)19-8-7-18(3)10(2)9-19/h10H,5-9H2,1-4H3,(H,14,15,16,17). The van der Waals surface area contributed by atoms with Crippen molar-refractivity contribution in [1.29, 1.82) is 0 Å². The molecule has 1 aliphatic rings. The van der Waals surface area contributed by atoms with Crippen LogP contribution in [-0.4, -0.2) is 66.2 Å². The Morgan fingerprint density at radius 1 is 1.30 bits per heavy atom. The number of nitrogens with zero attached hydrogens (tertiary/aromatic N) is 5. The molecule has 0 spiro atoms. The summed E-state index contributed by atoms with van der Waals surface area (Å²) in [6.45, 7) is 7.99. The lowest BCUT2D eigenvalue weighted by molar-refractivity contribution is 0.232. The van der Waals surface area contributed by atoms with Crippen LogP contribution in [0.1, 0.15) is 20.3 Å². The SMILES string of the molecule is CCCNc1nc(OC)nc(N2CCN(C)C(C)C2)n1. The molecule has 2 heterocycles. The average molecular weight is 280 g/mol. The summed E-state index contributed by atoms with van der Waals surface area (Å²) in [6, 6.07) is 0.846. The maximum Gasteiger partial charge on any atom is 0.322 e. The number of nitrogens with one attached hydrogen (secondary N) is 1. The van der Waals surface area contributed by atoms with Crippen molar-refractivity contribution in [3.05, 3.63) is 0 Å². The number of hydrogen-bond acceptors (Lipinski definition) is 7. The highest BCUT2D eigenvalue weighted by Gasteiger charge is 2.23. The van der Waals surface area contributed by atoms with Crippen LogP contribution in [0, 0.1) is 0 Å². The van der Waals surface area contributed by atoms with Gasteiger partial charge in [-0.3, -0.25) is 0 Å². The molecule has 0 radical (unpaired) electrons. The van der Waals surface area contributed by atoms with Gasteiger partial charge in [-0.15, -0.1) is 0 Å². The van der Waals surface area contributed by atoms with Gasteiger partial charge in [0.2, 0.25) is 11.9 Å². The van der Waals surface area contributed by atoms with E-state index in [0.29, 0.717) is 23.9 Å². The molecule has 1 aliphatic heterocycles. The van der Waals surface area contributed by atoms with Crippen molar-refractivity contribution in [1.82, 2.24) is 19.9 Å². The van der Waals surface area contributed by atoms with Crippen molar-refractivity contribution in [3.63, 3.8) is 0 Å². The number of ether oxygens (including phenoxy) is 1. The Labute approximate surface area is 120 Å². The summed E-state index contributed by atoms with van der Waals surface area (Å²) in [5.74, 6) is 1.27. The van der Waals surface area contributed by atoms with Gasteiger partial charge in [0.1, 0.15) is 0 Å². The second kappa shape index (κ2) is 6.69. The zero-order chi connectivity index (χ0) is 14.5. The molecule has 1 fully saturated rings. The van der Waals surface area contributed by atoms with E-state index in [-0.39, 0.29) is 0 Å². The Morgan fingerprint density at radius 2 is 2.10 bits per heavy atom. The first-order chi connectivity index (χ1) is 9.63. The molecule has 0 aliphatic carbocycles. The normalized spacial score (nSPS) is 20.0. The number of anilines is 2. The van der Waals surface area contributed by atoms with E-state index in [2.05, 4.69) is 51.0 Å². The minimum absolute atomic E-state index is 0.361. The largest absolute Gasteiger partial charge is 0.467 e. The number of rotatable bonds is 5. The molecular weight excluding hydrogens is 256 g/mol. The highest BCUT2D eigenvalue weighted by molar-refractivity contribution is 5.39. The topological polar surface area (TPSA) is 66.4 Å². The fourth-order valence-electron chi connectivity index (χ4n) is 2.12. The summed E-state index contributed by atoms with van der Waals surface area (Å²) < 4.78 is 5.17. The molecule has 0 amide bonds. The van der Waals surface area contributed by atoms with Crippen molar-refractivity contribution >= 4 is 11.9 Å². The molecule has 20 heavy (non-hydrogen) atoms. The Kier molecular flexibility index (Phi) is 4.94. The Hall–Kier alpha value is -1.63. The van der Waals surface area contributed by atoms with Crippen LogP contribution in [0.2, 0.25) is 0 Å². The lowest BCUT2D eigenvalue weighted by Gasteiger charge is -2.37. The van der Waals surface area contributed by atoms with E-state index in [4.69, 9.17) is 4.74 Å². The van der Waals surface area contributed by atoms with Gasteiger partial charge < -0.3 is 19.9 Å². The fraction of sp³-hybridized carbons (Fsp3) is 0.769. The molecule has 1 aromatic rings. The number of piperazine rings is 1. The van der Waals surface area contributed by atoms with Crippen LogP contribution >= 0.6 is 0 Å². The van der Waals surface area contributed by atoms with E-state index in [0.717, 1.165) is 32.6 Å². The molecule has 0 aromatic carbocycles. The number of aromatic nitrogens is 3. The third-order valence-electron chi connectivity index (χ3n) is 3.56. The maximum atomic E-state index is 5.17. The first-order valence-corrected chi connectivity index (χ1v) is 7.13. The van der Waals surface area contributed by atoms with Crippen LogP contribution in [0.3, 0.4) is 0 Å². The van der Waals surface area contributed by atoms with Crippen LogP contribution in [0.15, 0.2) is 0 Å². The zero-order valence-corrected chi connectivity index (χ0v) is 12.8. The minimum Gasteiger partial charge on any atom is -0.467 e. The van der Waals surface area contributed by atoms with Crippen LogP contribution in [-0.2, 0) is 0 Å². The third-order valence-corrected chi connectivity index (χ3v) is 3.56. The zero-order valence-electron chi connectivity index (χ0n) is 12.8. The Balaban J connectivity index is 2.17. The van der Waals surface area contributed by atoms with E-state index < -0.39 is 0 Å². The van der Waals surface area contributed by atoms with E-state index in [1.807, 2.05) is 0 Å². The van der Waals surface area contributed by atoms with Crippen molar-refractivity contribution < 1.29 is 4.74 Å². The van der Waals surface area contributed by atoms with Gasteiger partial charge >= 0.3 is 6.01 Å². The minimum atomic E-state index is 0.361. The van der Waals surface area contributed by atoms with Gasteiger partial charge in [-0.05, 0) is 20.4 Å². The molecular formula is C13H24N6O. The number of hydrogen-bond donors (Lipinski definition) is 1. The summed E-state index contributed by atoms with van der Waals surface area (Å²) in [5, 5.41) is 3.19. The second-order valence-corrected chi connectivity index (χ2v) is 5.15. The smallest absolute Gasteiger partial charge is 0.322 e. The fourth-order valence-corrected chi connectivity index (χ4v) is 2.12. The van der Waals surface area contributed by atoms with E-state index in [9.17, 15) is 0 Å². The van der Waals surface area contributed by atoms with Crippen LogP contribution < -0.4 is 15.0 Å². The Morgan fingerprint density at radius 3 is 2.75 bits per heavy atom. The van der Waals surface area contributed by atoms with E-state index in [1.165, 1.54) is 0 Å². The van der Waals surface area contributed by atoms with Crippen molar-refractivity contribution in [3.8, 4) is 6.01 Å². The lowest BCUT2D eigenvalue weighted by Crippen LogP contribution is -2.50. The molecule has 1 unspecified atom stereocenters. The summed E-state index contributed by atoms with van der Waals surface area (Å²) in [7, 11) is 3.72. The Bertz CT molecular complexity index is 441. The molecule has 1 atom stereocenters. The van der Waals surface area contributed by atoms with Gasteiger partial charge in [0.15, 0.2) is 0 Å². The molecule has 2 rings (SSSR count). The summed E-state index contributed by atoms with van der Waals surface area (Å²) in [6.07, 6.45) is 1.02. The molecule has 1 N–H and O–H groups in total. The number of methoxy groups -OCH3 is 1. The monoisotopic (exact) mass is 280 g/mol. The summed E-state index contributed by atoms with van der Waals surface area (Å²) in [4.78, 5) is 17.6. The number of likely N-dealkylation sites (N-methyl/N-ethyl adjacent to an activating group) is 1. The van der Waals surface area contributed by atoms with Gasteiger partial charge in [0.05, 0.1) is 7.11 Å². The van der Waals surface area contributed by atoms with E-state index in [1.54, 1.807) is 7.11 Å². The molecule has 1 saturated heterocycles. The first kappa shape index (κ1) is 14.8. The van der Waals surface area contributed by atoms with Gasteiger partial charge in [0, 0.05) is 32.2 Å². The predicted octanol–water partition coefficient (Wildman–Crippen LogP) is 0.842. The van der Waals surface area contributed by atoms with Gasteiger partial charge in [-0.2, -0.15) is 15.0 Å². The summed E-state index contributed by atoms with van der Waals surface area (Å²) in [5.41, 5.74) is 0. The quantitative estimate of drug-likeness (QED) is 0.857. The van der Waals surface area contributed by atoms with Crippen molar-refractivity contribution in [2.24, 2.45) is 0 Å². The second-order valence-electron chi connectivity index (χ2n) is 5.15. The molecule has 112 valence electrons. The molecule has 7 nitrogen and oxygen atoms in total. The van der Waals surface area contributed by atoms with Crippen LogP contribution in [0.5, 0.6) is 6.01 Å². The predicted molar refractivity (Wildman–Crippen MR) is 79.5 cm³/mol. The third kappa shape index (κ3) is 3.47. The maximum absolute atomic E-state index is 5.17. The molecule has 7 heteroatoms. The average Bonchev–Trinajstić information content (AvgIpc) is 2.47. The highest BCUT2D eigenvalue weighted by atomic mass is 16.5. The lowest BCUT2D eigenvalue weighted by atomic mass is 10.2. The van der Waals surface area contributed by atoms with E-state index >= 15 is 0 Å². The van der Waals surface area contributed by atoms with Crippen molar-refractivity contribution in [2.45, 2.75) is 26.3 Å². The molecule has 1 aromatic heterocycles. The van der Waals surface area contributed by atoms with Gasteiger partial charge in [-0.25, -0.2) is 0 Å². The molecule has 0 saturated carbocycles. The molecule has 0 bridgehead atoms. The van der Waals surface area contributed by atoms with Gasteiger partial charge in [-0.1, -0.05) is 6.92 Å². The van der Waals surface area contributed by atoms with Gasteiger partial charge in [0.25, 0.3) is 0 Å². The highest BCUT2D eigenvalue weighted by Crippen LogP contribution is 2.18. The first-order valence-electron chi connectivity index (χ1n) is 7.13. The van der Waals surface area contributed by atoms with Crippen LogP contribution in [0.4, 0.5) is 11.9 Å². The van der Waals surface area contributed by atoms with Crippen LogP contribution in [0.25, 0.3) is 0 Å².